The summed E-state index contributed by atoms with van der Waals surface area (Å²) < 4.78 is 6.71. The third kappa shape index (κ3) is 5.00. The molecular weight excluding hydrogens is 246 g/mol. The van der Waals surface area contributed by atoms with Gasteiger partial charge in [0.2, 0.25) is 0 Å². The van der Waals surface area contributed by atoms with Gasteiger partial charge in [0.05, 0.1) is 18.9 Å². The van der Waals surface area contributed by atoms with E-state index in [1.165, 1.54) is 0 Å². The van der Waals surface area contributed by atoms with Crippen molar-refractivity contribution in [2.75, 3.05) is 26.4 Å². The van der Waals surface area contributed by atoms with Gasteiger partial charge in [-0.25, -0.2) is 0 Å². The quantitative estimate of drug-likeness (QED) is 0.680. The van der Waals surface area contributed by atoms with E-state index < -0.39 is 0 Å². The summed E-state index contributed by atoms with van der Waals surface area (Å²) in [7, 11) is 1.77. The average molecular weight is 269 g/mol. The Morgan fingerprint density at radius 2 is 2.26 bits per heavy atom. The third-order valence-electron chi connectivity index (χ3n) is 2.71. The lowest BCUT2D eigenvalue weighted by Gasteiger charge is -2.05. The zero-order chi connectivity index (χ0) is 14.3. The molecule has 0 aromatic carbocycles. The van der Waals surface area contributed by atoms with Gasteiger partial charge in [0.1, 0.15) is 5.69 Å². The number of aryl methyl sites for hydroxylation is 1. The summed E-state index contributed by atoms with van der Waals surface area (Å²) in [6.07, 6.45) is 0.723. The number of hydrogen-bond acceptors (Lipinski definition) is 4. The Hall–Kier alpha value is -1.40. The average Bonchev–Trinajstić information content (AvgIpc) is 2.76. The van der Waals surface area contributed by atoms with Crippen molar-refractivity contribution >= 4 is 5.91 Å². The van der Waals surface area contributed by atoms with E-state index in [4.69, 9.17) is 9.84 Å². The molecule has 0 aliphatic carbocycles. The first-order valence-corrected chi connectivity index (χ1v) is 6.57. The Morgan fingerprint density at radius 3 is 2.84 bits per heavy atom. The predicted octanol–water partition coefficient (Wildman–Crippen LogP) is 0.672. The van der Waals surface area contributed by atoms with Crippen LogP contribution in [0.3, 0.4) is 0 Å². The maximum atomic E-state index is 11.9. The normalized spacial score (nSPS) is 11.0. The fourth-order valence-corrected chi connectivity index (χ4v) is 1.62. The van der Waals surface area contributed by atoms with Crippen LogP contribution in [-0.4, -0.2) is 47.2 Å². The molecule has 0 unspecified atom stereocenters. The highest BCUT2D eigenvalue weighted by atomic mass is 16.5. The van der Waals surface area contributed by atoms with Crippen LogP contribution in [0.5, 0.6) is 0 Å². The molecule has 0 aliphatic rings. The number of carbonyl (C=O) groups is 1. The van der Waals surface area contributed by atoms with Gasteiger partial charge in [0, 0.05) is 20.2 Å². The number of ether oxygens (including phenoxy) is 1. The van der Waals surface area contributed by atoms with Crippen molar-refractivity contribution in [3.8, 4) is 0 Å². The molecule has 0 atom stereocenters. The number of aromatic nitrogens is 2. The number of carbonyl (C=O) groups excluding carboxylic acids is 1. The SMILES string of the molecule is CC(C)c1cc(C(=O)NCCCOCCO)n(C)n1. The van der Waals surface area contributed by atoms with Gasteiger partial charge in [0.25, 0.3) is 5.91 Å². The summed E-state index contributed by atoms with van der Waals surface area (Å²) in [6, 6.07) is 1.82. The number of rotatable bonds is 8. The molecule has 1 amide bonds. The summed E-state index contributed by atoms with van der Waals surface area (Å²) in [4.78, 5) is 11.9. The molecule has 6 heteroatoms. The molecule has 0 saturated carbocycles. The minimum absolute atomic E-state index is 0.0271. The van der Waals surface area contributed by atoms with Crippen LogP contribution in [0.2, 0.25) is 0 Å². The summed E-state index contributed by atoms with van der Waals surface area (Å²) in [5.41, 5.74) is 1.49. The lowest BCUT2D eigenvalue weighted by Crippen LogP contribution is -2.27. The van der Waals surface area contributed by atoms with Gasteiger partial charge in [-0.2, -0.15) is 5.10 Å². The van der Waals surface area contributed by atoms with E-state index in [2.05, 4.69) is 10.4 Å². The molecule has 0 saturated heterocycles. The van der Waals surface area contributed by atoms with Gasteiger partial charge in [0.15, 0.2) is 0 Å². The van der Waals surface area contributed by atoms with Gasteiger partial charge in [-0.3, -0.25) is 9.48 Å². The smallest absolute Gasteiger partial charge is 0.269 e. The molecule has 19 heavy (non-hydrogen) atoms. The highest BCUT2D eigenvalue weighted by Crippen LogP contribution is 2.13. The van der Waals surface area contributed by atoms with Crippen molar-refractivity contribution < 1.29 is 14.6 Å². The molecule has 0 bridgehead atoms. The second-order valence-corrected chi connectivity index (χ2v) is 4.68. The van der Waals surface area contributed by atoms with E-state index in [1.54, 1.807) is 11.7 Å². The van der Waals surface area contributed by atoms with Gasteiger partial charge in [-0.1, -0.05) is 13.8 Å². The van der Waals surface area contributed by atoms with E-state index in [0.717, 1.165) is 12.1 Å². The zero-order valence-corrected chi connectivity index (χ0v) is 11.8. The second kappa shape index (κ2) is 7.91. The Bertz CT molecular complexity index is 402. The van der Waals surface area contributed by atoms with Crippen LogP contribution in [0.4, 0.5) is 0 Å². The number of aliphatic hydroxyl groups excluding tert-OH is 1. The number of amides is 1. The van der Waals surface area contributed by atoms with Gasteiger partial charge in [-0.05, 0) is 18.4 Å². The minimum atomic E-state index is -0.121. The van der Waals surface area contributed by atoms with Crippen LogP contribution in [-0.2, 0) is 11.8 Å². The largest absolute Gasteiger partial charge is 0.394 e. The van der Waals surface area contributed by atoms with Gasteiger partial charge in [-0.15, -0.1) is 0 Å². The zero-order valence-electron chi connectivity index (χ0n) is 11.8. The molecule has 1 heterocycles. The molecule has 0 fully saturated rings. The van der Waals surface area contributed by atoms with Gasteiger partial charge >= 0.3 is 0 Å². The first-order chi connectivity index (χ1) is 9.06. The molecule has 0 spiro atoms. The van der Waals surface area contributed by atoms with Crippen molar-refractivity contribution in [3.63, 3.8) is 0 Å². The monoisotopic (exact) mass is 269 g/mol. The molecule has 6 nitrogen and oxygen atoms in total. The predicted molar refractivity (Wildman–Crippen MR) is 72.2 cm³/mol. The molecule has 1 aromatic rings. The highest BCUT2D eigenvalue weighted by molar-refractivity contribution is 5.92. The Balaban J connectivity index is 2.37. The van der Waals surface area contributed by atoms with Crippen LogP contribution in [0.25, 0.3) is 0 Å². The molecule has 0 aliphatic heterocycles. The van der Waals surface area contributed by atoms with Crippen LogP contribution in [0.15, 0.2) is 6.07 Å². The number of aliphatic hydroxyl groups is 1. The van der Waals surface area contributed by atoms with E-state index in [9.17, 15) is 4.79 Å². The van der Waals surface area contributed by atoms with E-state index in [-0.39, 0.29) is 12.5 Å². The van der Waals surface area contributed by atoms with Crippen molar-refractivity contribution in [2.24, 2.45) is 7.05 Å². The molecule has 0 radical (unpaired) electrons. The fraction of sp³-hybridized carbons (Fsp3) is 0.692. The maximum Gasteiger partial charge on any atom is 0.269 e. The third-order valence-corrected chi connectivity index (χ3v) is 2.71. The Labute approximate surface area is 113 Å². The topological polar surface area (TPSA) is 76.4 Å². The number of nitrogens with zero attached hydrogens (tertiary/aromatic N) is 2. The lowest BCUT2D eigenvalue weighted by atomic mass is 10.1. The number of hydrogen-bond donors (Lipinski definition) is 2. The van der Waals surface area contributed by atoms with Crippen LogP contribution < -0.4 is 5.32 Å². The van der Waals surface area contributed by atoms with Crippen LogP contribution in [0, 0.1) is 0 Å². The lowest BCUT2D eigenvalue weighted by molar-refractivity contribution is 0.0864. The summed E-state index contributed by atoms with van der Waals surface area (Å²) in [5, 5.41) is 15.7. The second-order valence-electron chi connectivity index (χ2n) is 4.68. The van der Waals surface area contributed by atoms with Crippen LogP contribution >= 0.6 is 0 Å². The summed E-state index contributed by atoms with van der Waals surface area (Å²) in [6.45, 7) is 5.54. The van der Waals surface area contributed by atoms with Crippen molar-refractivity contribution in [3.05, 3.63) is 17.5 Å². The standard InChI is InChI=1S/C13H23N3O3/c1-10(2)11-9-12(16(3)15-11)13(18)14-5-4-7-19-8-6-17/h9-10,17H,4-8H2,1-3H3,(H,14,18). The summed E-state index contributed by atoms with van der Waals surface area (Å²) >= 11 is 0. The van der Waals surface area contributed by atoms with Gasteiger partial charge < -0.3 is 15.2 Å². The first kappa shape index (κ1) is 15.7. The van der Waals surface area contributed by atoms with Crippen LogP contribution in [0.1, 0.15) is 42.4 Å². The minimum Gasteiger partial charge on any atom is -0.394 e. The maximum absolute atomic E-state index is 11.9. The van der Waals surface area contributed by atoms with Crippen molar-refractivity contribution in [1.82, 2.24) is 15.1 Å². The Morgan fingerprint density at radius 1 is 1.53 bits per heavy atom. The molecule has 1 aromatic heterocycles. The van der Waals surface area contributed by atoms with E-state index >= 15 is 0 Å². The molecule has 2 N–H and O–H groups in total. The first-order valence-electron chi connectivity index (χ1n) is 6.57. The van der Waals surface area contributed by atoms with E-state index in [1.807, 2.05) is 19.9 Å². The fourth-order valence-electron chi connectivity index (χ4n) is 1.62. The highest BCUT2D eigenvalue weighted by Gasteiger charge is 2.14. The molecular formula is C13H23N3O3. The summed E-state index contributed by atoms with van der Waals surface area (Å²) in [5.74, 6) is 0.184. The number of nitrogens with one attached hydrogen (secondary N) is 1. The molecule has 1 rings (SSSR count). The van der Waals surface area contributed by atoms with Crippen molar-refractivity contribution in [2.45, 2.75) is 26.2 Å². The molecule has 108 valence electrons. The van der Waals surface area contributed by atoms with E-state index in [0.29, 0.717) is 31.4 Å². The Kier molecular flexibility index (Phi) is 6.52. The van der Waals surface area contributed by atoms with Crippen molar-refractivity contribution in [1.29, 1.82) is 0 Å².